The van der Waals surface area contributed by atoms with Crippen molar-refractivity contribution in [1.82, 2.24) is 15.0 Å². The molecule has 136 valence electrons. The highest BCUT2D eigenvalue weighted by Crippen LogP contribution is 2.22. The van der Waals surface area contributed by atoms with Crippen LogP contribution in [0.3, 0.4) is 0 Å². The average Bonchev–Trinajstić information content (AvgIpc) is 2.63. The van der Waals surface area contributed by atoms with Gasteiger partial charge >= 0.3 is 0 Å². The number of allylic oxidation sites excluding steroid dienone is 3. The number of hydrazone groups is 1. The molecule has 2 heterocycles. The van der Waals surface area contributed by atoms with E-state index in [1.165, 1.54) is 6.92 Å². The number of rotatable bonds is 5. The Morgan fingerprint density at radius 3 is 2.65 bits per heavy atom. The summed E-state index contributed by atoms with van der Waals surface area (Å²) < 4.78 is 26.5. The zero-order valence-corrected chi connectivity index (χ0v) is 14.1. The summed E-state index contributed by atoms with van der Waals surface area (Å²) in [7, 11) is 0. The van der Waals surface area contributed by atoms with Crippen LogP contribution < -0.4 is 17.4 Å². The fourth-order valence-electron chi connectivity index (χ4n) is 2.14. The summed E-state index contributed by atoms with van der Waals surface area (Å²) in [5.74, 6) is 10.2. The summed E-state index contributed by atoms with van der Waals surface area (Å²) in [5, 5.41) is 4.57. The second-order valence-corrected chi connectivity index (χ2v) is 5.35. The minimum absolute atomic E-state index is 0.0326. The molecular weight excluding hydrogens is 340 g/mol. The number of nitrogen functional groups attached to an aromatic ring is 1. The van der Waals surface area contributed by atoms with Crippen molar-refractivity contribution in [2.75, 3.05) is 12.3 Å². The lowest BCUT2D eigenvalue weighted by molar-refractivity contribution is 0.425. The van der Waals surface area contributed by atoms with Gasteiger partial charge in [0.1, 0.15) is 11.6 Å². The SMILES string of the molecule is C/C(F)=C\C=C(\F)CN(N)/C(=N\N)c1cc(-c2cccnc2)cnc1N. The van der Waals surface area contributed by atoms with Crippen LogP contribution in [0.2, 0.25) is 0 Å². The highest BCUT2D eigenvalue weighted by molar-refractivity contribution is 6.02. The van der Waals surface area contributed by atoms with Crippen molar-refractivity contribution in [3.05, 3.63) is 66.2 Å². The minimum atomic E-state index is -0.680. The van der Waals surface area contributed by atoms with Gasteiger partial charge in [-0.3, -0.25) is 9.99 Å². The maximum Gasteiger partial charge on any atom is 0.173 e. The van der Waals surface area contributed by atoms with Gasteiger partial charge in [-0.05, 0) is 31.2 Å². The van der Waals surface area contributed by atoms with Gasteiger partial charge in [-0.15, -0.1) is 0 Å². The monoisotopic (exact) mass is 359 g/mol. The van der Waals surface area contributed by atoms with E-state index in [1.807, 2.05) is 6.07 Å². The van der Waals surface area contributed by atoms with E-state index < -0.39 is 11.7 Å². The van der Waals surface area contributed by atoms with Crippen LogP contribution in [0.25, 0.3) is 11.1 Å². The molecule has 0 bridgehead atoms. The Balaban J connectivity index is 2.32. The van der Waals surface area contributed by atoms with Crippen LogP contribution in [0.15, 0.2) is 65.7 Å². The smallest absolute Gasteiger partial charge is 0.173 e. The van der Waals surface area contributed by atoms with E-state index in [4.69, 9.17) is 17.4 Å². The largest absolute Gasteiger partial charge is 0.383 e. The molecule has 0 aliphatic carbocycles. The van der Waals surface area contributed by atoms with Gasteiger partial charge in [-0.1, -0.05) is 6.07 Å². The van der Waals surface area contributed by atoms with Gasteiger partial charge in [-0.25, -0.2) is 19.6 Å². The lowest BCUT2D eigenvalue weighted by atomic mass is 10.1. The van der Waals surface area contributed by atoms with E-state index in [0.717, 1.165) is 22.7 Å². The Bertz CT molecular complexity index is 843. The molecule has 2 aromatic heterocycles. The molecule has 0 amide bonds. The standard InChI is InChI=1S/C17H19F2N7/c1-11(18)4-5-14(19)10-26(22)17(25-21)15-7-13(9-24-16(15)20)12-3-2-6-23-8-12/h2-9H,10,21-22H2,1H3,(H2,20,24)/b11-4+,14-5+,25-17-. The van der Waals surface area contributed by atoms with Gasteiger partial charge in [0, 0.05) is 29.7 Å². The molecule has 26 heavy (non-hydrogen) atoms. The lowest BCUT2D eigenvalue weighted by Gasteiger charge is -2.20. The quantitative estimate of drug-likeness (QED) is 0.248. The van der Waals surface area contributed by atoms with E-state index in [9.17, 15) is 8.78 Å². The first-order valence-electron chi connectivity index (χ1n) is 7.57. The summed E-state index contributed by atoms with van der Waals surface area (Å²) >= 11 is 0. The van der Waals surface area contributed by atoms with Crippen LogP contribution in [0.1, 0.15) is 12.5 Å². The van der Waals surface area contributed by atoms with Gasteiger partial charge in [0.15, 0.2) is 5.84 Å². The van der Waals surface area contributed by atoms with E-state index in [1.54, 1.807) is 30.7 Å². The predicted molar refractivity (Wildman–Crippen MR) is 97.6 cm³/mol. The van der Waals surface area contributed by atoms with Crippen molar-refractivity contribution >= 4 is 11.7 Å². The molecule has 0 aliphatic rings. The molecule has 0 spiro atoms. The van der Waals surface area contributed by atoms with Crippen molar-refractivity contribution in [3.8, 4) is 11.1 Å². The molecule has 0 saturated carbocycles. The van der Waals surface area contributed by atoms with Gasteiger partial charge in [0.05, 0.1) is 17.9 Å². The third-order valence-electron chi connectivity index (χ3n) is 3.36. The Morgan fingerprint density at radius 1 is 1.27 bits per heavy atom. The summed E-state index contributed by atoms with van der Waals surface area (Å²) in [6.07, 6.45) is 6.83. The molecular formula is C17H19F2N7. The number of hydrazine groups is 1. The number of pyridine rings is 2. The Morgan fingerprint density at radius 2 is 2.04 bits per heavy atom. The molecule has 0 saturated heterocycles. The molecule has 6 N–H and O–H groups in total. The number of aromatic nitrogens is 2. The van der Waals surface area contributed by atoms with Crippen molar-refractivity contribution in [2.24, 2.45) is 16.8 Å². The summed E-state index contributed by atoms with van der Waals surface area (Å²) in [5.41, 5.74) is 7.75. The van der Waals surface area contributed by atoms with Crippen LogP contribution in [0.4, 0.5) is 14.6 Å². The maximum absolute atomic E-state index is 13.8. The van der Waals surface area contributed by atoms with Gasteiger partial charge < -0.3 is 11.6 Å². The van der Waals surface area contributed by atoms with Crippen LogP contribution in [0.5, 0.6) is 0 Å². The Hall–Kier alpha value is -3.33. The van der Waals surface area contributed by atoms with Gasteiger partial charge in [0.25, 0.3) is 0 Å². The number of nitrogens with two attached hydrogens (primary N) is 3. The molecule has 0 radical (unpaired) electrons. The molecule has 0 aromatic carbocycles. The highest BCUT2D eigenvalue weighted by atomic mass is 19.1. The molecule has 0 fully saturated rings. The van der Waals surface area contributed by atoms with Crippen LogP contribution in [-0.4, -0.2) is 27.4 Å². The molecule has 0 atom stereocenters. The molecule has 2 rings (SSSR count). The number of halogens is 2. The van der Waals surface area contributed by atoms with Crippen LogP contribution >= 0.6 is 0 Å². The van der Waals surface area contributed by atoms with E-state index in [0.29, 0.717) is 11.1 Å². The zero-order valence-electron chi connectivity index (χ0n) is 14.1. The fourth-order valence-corrected chi connectivity index (χ4v) is 2.14. The van der Waals surface area contributed by atoms with Crippen LogP contribution in [0, 0.1) is 0 Å². The van der Waals surface area contributed by atoms with Crippen molar-refractivity contribution < 1.29 is 8.78 Å². The summed E-state index contributed by atoms with van der Waals surface area (Å²) in [6.45, 7) is 0.823. The molecule has 7 nitrogen and oxygen atoms in total. The Kier molecular flexibility index (Phi) is 6.34. The molecule has 0 aliphatic heterocycles. The normalized spacial score (nSPS) is 13.0. The van der Waals surface area contributed by atoms with Crippen molar-refractivity contribution in [3.63, 3.8) is 0 Å². The van der Waals surface area contributed by atoms with E-state index in [2.05, 4.69) is 15.1 Å². The predicted octanol–water partition coefficient (Wildman–Crippen LogP) is 2.25. The zero-order chi connectivity index (χ0) is 19.1. The number of anilines is 1. The molecule has 2 aromatic rings. The van der Waals surface area contributed by atoms with E-state index >= 15 is 0 Å². The second kappa shape index (κ2) is 8.67. The molecule has 0 unspecified atom stereocenters. The number of hydrogen-bond acceptors (Lipinski definition) is 6. The minimum Gasteiger partial charge on any atom is -0.383 e. The number of amidine groups is 1. The molecule has 9 heteroatoms. The number of nitrogens with zero attached hydrogens (tertiary/aromatic N) is 4. The van der Waals surface area contributed by atoms with Gasteiger partial charge in [-0.2, -0.15) is 5.10 Å². The fraction of sp³-hybridized carbons (Fsp3) is 0.118. The Labute approximate surface area is 149 Å². The summed E-state index contributed by atoms with van der Waals surface area (Å²) in [4.78, 5) is 8.15. The topological polar surface area (TPSA) is 119 Å². The second-order valence-electron chi connectivity index (χ2n) is 5.35. The van der Waals surface area contributed by atoms with Crippen LogP contribution in [-0.2, 0) is 0 Å². The third-order valence-corrected chi connectivity index (χ3v) is 3.36. The van der Waals surface area contributed by atoms with Crippen molar-refractivity contribution in [1.29, 1.82) is 0 Å². The summed E-state index contributed by atoms with van der Waals surface area (Å²) in [6, 6.07) is 5.30. The van der Waals surface area contributed by atoms with Crippen molar-refractivity contribution in [2.45, 2.75) is 6.92 Å². The first-order chi connectivity index (χ1) is 12.4. The van der Waals surface area contributed by atoms with E-state index in [-0.39, 0.29) is 18.2 Å². The average molecular weight is 359 g/mol. The highest BCUT2D eigenvalue weighted by Gasteiger charge is 2.17. The first kappa shape index (κ1) is 19.0. The number of hydrogen-bond donors (Lipinski definition) is 3. The third kappa shape index (κ3) is 4.84. The lowest BCUT2D eigenvalue weighted by Crippen LogP contribution is -2.40. The maximum atomic E-state index is 13.8. The first-order valence-corrected chi connectivity index (χ1v) is 7.57. The van der Waals surface area contributed by atoms with Gasteiger partial charge in [0.2, 0.25) is 0 Å².